The van der Waals surface area contributed by atoms with Crippen LogP contribution in [-0.4, -0.2) is 46.4 Å². The summed E-state index contributed by atoms with van der Waals surface area (Å²) in [5.41, 5.74) is 5.35. The number of amides is 1. The Kier molecular flexibility index (Phi) is 1.78. The second-order valence-electron chi connectivity index (χ2n) is 2.42. The number of carbonyl (C=O) groups is 1. The molecule has 1 amide bonds. The van der Waals surface area contributed by atoms with E-state index in [9.17, 15) is 4.79 Å². The molecule has 0 radical (unpaired) electrons. The van der Waals surface area contributed by atoms with E-state index in [1.54, 1.807) is 0 Å². The molecule has 0 aliphatic carbocycles. The summed E-state index contributed by atoms with van der Waals surface area (Å²) in [6, 6.07) is -0.420. The molecule has 1 rings (SSSR count). The maximum Gasteiger partial charge on any atom is 0.407 e. The van der Waals surface area contributed by atoms with E-state index in [-0.39, 0.29) is 13.1 Å². The van der Waals surface area contributed by atoms with Crippen molar-refractivity contribution < 1.29 is 15.0 Å². The largest absolute Gasteiger partial charge is 0.465 e. The van der Waals surface area contributed by atoms with E-state index in [2.05, 4.69) is 0 Å². The Hall–Kier alpha value is -0.810. The minimum atomic E-state index is -1.02. The van der Waals surface area contributed by atoms with Gasteiger partial charge in [0.25, 0.3) is 0 Å². The van der Waals surface area contributed by atoms with E-state index in [0.29, 0.717) is 0 Å². The van der Waals surface area contributed by atoms with Gasteiger partial charge in [0, 0.05) is 6.54 Å². The first-order valence-corrected chi connectivity index (χ1v) is 3.03. The summed E-state index contributed by atoms with van der Waals surface area (Å²) in [5, 5.41) is 17.4. The molecule has 5 nitrogen and oxygen atoms in total. The minimum absolute atomic E-state index is 0.135. The fourth-order valence-corrected chi connectivity index (χ4v) is 0.968. The van der Waals surface area contributed by atoms with Crippen molar-refractivity contribution in [1.29, 1.82) is 0 Å². The van der Waals surface area contributed by atoms with Gasteiger partial charge in [-0.15, -0.1) is 0 Å². The van der Waals surface area contributed by atoms with Crippen LogP contribution in [0.25, 0.3) is 0 Å². The van der Waals surface area contributed by atoms with Gasteiger partial charge in [0.05, 0.1) is 18.7 Å². The van der Waals surface area contributed by atoms with Gasteiger partial charge in [0.1, 0.15) is 0 Å². The molecule has 1 aliphatic rings. The number of carboxylic acid groups (broad SMARTS) is 1. The molecule has 1 aliphatic heterocycles. The number of aliphatic hydroxyl groups excluding tert-OH is 1. The van der Waals surface area contributed by atoms with E-state index in [1.165, 1.54) is 0 Å². The van der Waals surface area contributed by atoms with Crippen molar-refractivity contribution in [1.82, 2.24) is 4.90 Å². The second-order valence-corrected chi connectivity index (χ2v) is 2.42. The van der Waals surface area contributed by atoms with Gasteiger partial charge in [-0.2, -0.15) is 0 Å². The normalized spacial score (nSPS) is 32.8. The third-order valence-electron chi connectivity index (χ3n) is 1.60. The highest BCUT2D eigenvalue weighted by atomic mass is 16.4. The maximum atomic E-state index is 10.3. The van der Waals surface area contributed by atoms with Crippen LogP contribution in [0, 0.1) is 0 Å². The molecule has 2 atom stereocenters. The van der Waals surface area contributed by atoms with Crippen molar-refractivity contribution in [2.75, 3.05) is 13.1 Å². The molecular formula is C5H10N2O3. The van der Waals surface area contributed by atoms with E-state index >= 15 is 0 Å². The molecule has 10 heavy (non-hydrogen) atoms. The maximum absolute atomic E-state index is 10.3. The van der Waals surface area contributed by atoms with Crippen molar-refractivity contribution in [3.05, 3.63) is 0 Å². The van der Waals surface area contributed by atoms with Crippen molar-refractivity contribution >= 4 is 6.09 Å². The fraction of sp³-hybridized carbons (Fsp3) is 0.800. The van der Waals surface area contributed by atoms with Gasteiger partial charge in [-0.3, -0.25) is 0 Å². The molecular weight excluding hydrogens is 136 g/mol. The number of nitrogens with two attached hydrogens (primary N) is 1. The standard InChI is InChI=1S/C5H10N2O3/c6-3-1-7(5(9)10)2-4(3)8/h3-4,8H,1-2,6H2,(H,9,10)/t3-,4+/m0/s1. The van der Waals surface area contributed by atoms with Gasteiger partial charge in [-0.05, 0) is 0 Å². The van der Waals surface area contributed by atoms with E-state index in [0.717, 1.165) is 4.90 Å². The highest BCUT2D eigenvalue weighted by Crippen LogP contribution is 2.07. The Morgan fingerprint density at radius 1 is 1.60 bits per heavy atom. The molecule has 58 valence electrons. The lowest BCUT2D eigenvalue weighted by atomic mass is 10.2. The van der Waals surface area contributed by atoms with Crippen LogP contribution in [0.15, 0.2) is 0 Å². The average molecular weight is 146 g/mol. The van der Waals surface area contributed by atoms with Crippen LogP contribution in [0.2, 0.25) is 0 Å². The van der Waals surface area contributed by atoms with Crippen LogP contribution in [0.1, 0.15) is 0 Å². The molecule has 1 fully saturated rings. The Bertz CT molecular complexity index is 140. The second kappa shape index (κ2) is 2.43. The van der Waals surface area contributed by atoms with Gasteiger partial charge >= 0.3 is 6.09 Å². The van der Waals surface area contributed by atoms with Crippen molar-refractivity contribution in [3.63, 3.8) is 0 Å². The number of nitrogens with zero attached hydrogens (tertiary/aromatic N) is 1. The SMILES string of the molecule is N[C@H]1CN(C(=O)O)C[C@H]1O. The van der Waals surface area contributed by atoms with Gasteiger partial charge in [-0.25, -0.2) is 4.79 Å². The average Bonchev–Trinajstić information content (AvgIpc) is 2.13. The zero-order chi connectivity index (χ0) is 7.72. The van der Waals surface area contributed by atoms with Crippen LogP contribution >= 0.6 is 0 Å². The summed E-state index contributed by atoms with van der Waals surface area (Å²) in [4.78, 5) is 11.4. The van der Waals surface area contributed by atoms with E-state index in [4.69, 9.17) is 15.9 Å². The van der Waals surface area contributed by atoms with Crippen LogP contribution < -0.4 is 5.73 Å². The predicted octanol–water partition coefficient (Wildman–Crippen LogP) is -1.33. The molecule has 0 unspecified atom stereocenters. The highest BCUT2D eigenvalue weighted by molar-refractivity contribution is 5.65. The Balaban J connectivity index is 2.49. The number of hydrogen-bond donors (Lipinski definition) is 3. The van der Waals surface area contributed by atoms with Gasteiger partial charge in [0.2, 0.25) is 0 Å². The lowest BCUT2D eigenvalue weighted by Crippen LogP contribution is -2.33. The number of aliphatic hydroxyl groups is 1. The number of rotatable bonds is 0. The number of β-amino-alcohol motifs (C(OH)–C–C–N with tert-alkyl or cyclic N) is 1. The minimum Gasteiger partial charge on any atom is -0.465 e. The molecule has 0 spiro atoms. The Morgan fingerprint density at radius 3 is 2.40 bits per heavy atom. The van der Waals surface area contributed by atoms with Crippen molar-refractivity contribution in [3.8, 4) is 0 Å². The molecule has 0 aromatic carbocycles. The number of likely N-dealkylation sites (tertiary alicyclic amines) is 1. The van der Waals surface area contributed by atoms with Crippen LogP contribution in [0.4, 0.5) is 4.79 Å². The zero-order valence-electron chi connectivity index (χ0n) is 5.40. The summed E-state index contributed by atoms with van der Waals surface area (Å²) < 4.78 is 0. The van der Waals surface area contributed by atoms with Gasteiger partial charge in [-0.1, -0.05) is 0 Å². The molecule has 0 saturated carbocycles. The number of hydrogen-bond acceptors (Lipinski definition) is 3. The van der Waals surface area contributed by atoms with Crippen LogP contribution in [0.5, 0.6) is 0 Å². The monoisotopic (exact) mass is 146 g/mol. The smallest absolute Gasteiger partial charge is 0.407 e. The third-order valence-corrected chi connectivity index (χ3v) is 1.60. The molecule has 0 aromatic rings. The fourth-order valence-electron chi connectivity index (χ4n) is 0.968. The lowest BCUT2D eigenvalue weighted by Gasteiger charge is -2.08. The molecule has 1 saturated heterocycles. The van der Waals surface area contributed by atoms with E-state index in [1.807, 2.05) is 0 Å². The molecule has 0 aromatic heterocycles. The summed E-state index contributed by atoms with van der Waals surface area (Å²) in [7, 11) is 0. The molecule has 1 heterocycles. The zero-order valence-corrected chi connectivity index (χ0v) is 5.40. The summed E-state index contributed by atoms with van der Waals surface area (Å²) >= 11 is 0. The summed E-state index contributed by atoms with van der Waals surface area (Å²) in [5.74, 6) is 0. The lowest BCUT2D eigenvalue weighted by molar-refractivity contribution is 0.138. The quantitative estimate of drug-likeness (QED) is 0.395. The van der Waals surface area contributed by atoms with E-state index < -0.39 is 18.2 Å². The summed E-state index contributed by atoms with van der Waals surface area (Å²) in [6.07, 6.45) is -1.72. The topological polar surface area (TPSA) is 86.8 Å². The first kappa shape index (κ1) is 7.30. The molecule has 0 bridgehead atoms. The molecule has 4 N–H and O–H groups in total. The van der Waals surface area contributed by atoms with Crippen LogP contribution in [0.3, 0.4) is 0 Å². The van der Waals surface area contributed by atoms with Crippen molar-refractivity contribution in [2.24, 2.45) is 5.73 Å². The Morgan fingerprint density at radius 2 is 2.20 bits per heavy atom. The van der Waals surface area contributed by atoms with Crippen LogP contribution in [-0.2, 0) is 0 Å². The first-order valence-electron chi connectivity index (χ1n) is 3.03. The third kappa shape index (κ3) is 1.19. The van der Waals surface area contributed by atoms with Gasteiger partial charge < -0.3 is 20.8 Å². The Labute approximate surface area is 58.0 Å². The highest BCUT2D eigenvalue weighted by Gasteiger charge is 2.30. The van der Waals surface area contributed by atoms with Gasteiger partial charge in [0.15, 0.2) is 0 Å². The summed E-state index contributed by atoms with van der Waals surface area (Å²) in [6.45, 7) is 0.368. The predicted molar refractivity (Wildman–Crippen MR) is 33.6 cm³/mol. The van der Waals surface area contributed by atoms with Crippen molar-refractivity contribution in [2.45, 2.75) is 12.1 Å². The molecule has 5 heteroatoms. The first-order chi connectivity index (χ1) is 4.61.